The summed E-state index contributed by atoms with van der Waals surface area (Å²) in [6, 6.07) is 5.85. The van der Waals surface area contributed by atoms with Crippen LogP contribution in [0.4, 0.5) is 0 Å². The molecule has 0 aromatic heterocycles. The van der Waals surface area contributed by atoms with Crippen LogP contribution in [-0.2, 0) is 0 Å². The zero-order valence-corrected chi connectivity index (χ0v) is 11.1. The standard InChI is InChI=1S/C11H15BrClNO/c1-7(2)14-6-11(15)9-4-3-8(12)5-10(9)13/h3-5,7,11,14-15H,6H2,1-2H3. The van der Waals surface area contributed by atoms with Crippen molar-refractivity contribution < 1.29 is 5.11 Å². The van der Waals surface area contributed by atoms with E-state index in [1.165, 1.54) is 0 Å². The zero-order valence-electron chi connectivity index (χ0n) is 8.80. The molecule has 0 heterocycles. The molecule has 2 N–H and O–H groups in total. The van der Waals surface area contributed by atoms with Crippen molar-refractivity contribution in [2.45, 2.75) is 26.0 Å². The maximum absolute atomic E-state index is 9.88. The van der Waals surface area contributed by atoms with Crippen molar-refractivity contribution in [2.75, 3.05) is 6.54 Å². The first kappa shape index (κ1) is 13.0. The van der Waals surface area contributed by atoms with E-state index >= 15 is 0 Å². The van der Waals surface area contributed by atoms with Gasteiger partial charge in [0.2, 0.25) is 0 Å². The quantitative estimate of drug-likeness (QED) is 0.893. The van der Waals surface area contributed by atoms with Crippen LogP contribution in [0.15, 0.2) is 22.7 Å². The monoisotopic (exact) mass is 291 g/mol. The highest BCUT2D eigenvalue weighted by molar-refractivity contribution is 9.10. The van der Waals surface area contributed by atoms with Crippen LogP contribution in [0.1, 0.15) is 25.5 Å². The van der Waals surface area contributed by atoms with Gasteiger partial charge >= 0.3 is 0 Å². The minimum Gasteiger partial charge on any atom is -0.387 e. The molecule has 84 valence electrons. The summed E-state index contributed by atoms with van der Waals surface area (Å²) in [5, 5.41) is 13.6. The van der Waals surface area contributed by atoms with Gasteiger partial charge in [0.1, 0.15) is 0 Å². The molecule has 1 atom stereocenters. The lowest BCUT2D eigenvalue weighted by atomic mass is 10.1. The predicted octanol–water partition coefficient (Wildman–Crippen LogP) is 3.13. The second-order valence-electron chi connectivity index (χ2n) is 3.74. The predicted molar refractivity (Wildman–Crippen MR) is 67.3 cm³/mol. The lowest BCUT2D eigenvalue weighted by Crippen LogP contribution is -2.28. The van der Waals surface area contributed by atoms with Gasteiger partial charge in [-0.1, -0.05) is 47.4 Å². The normalized spacial score (nSPS) is 13.2. The van der Waals surface area contributed by atoms with E-state index in [0.717, 1.165) is 10.0 Å². The molecule has 0 saturated heterocycles. The number of nitrogens with one attached hydrogen (secondary N) is 1. The number of aliphatic hydroxyl groups excluding tert-OH is 1. The molecule has 0 aliphatic carbocycles. The minimum absolute atomic E-state index is 0.355. The van der Waals surface area contributed by atoms with Gasteiger partial charge in [-0.3, -0.25) is 0 Å². The van der Waals surface area contributed by atoms with Crippen LogP contribution in [0.3, 0.4) is 0 Å². The van der Waals surface area contributed by atoms with E-state index in [1.807, 2.05) is 26.0 Å². The number of hydrogen-bond acceptors (Lipinski definition) is 2. The first-order valence-electron chi connectivity index (χ1n) is 4.87. The average molecular weight is 293 g/mol. The summed E-state index contributed by atoms with van der Waals surface area (Å²) in [5.41, 5.74) is 0.757. The van der Waals surface area contributed by atoms with Crippen molar-refractivity contribution in [3.63, 3.8) is 0 Å². The molecule has 1 aromatic rings. The highest BCUT2D eigenvalue weighted by Gasteiger charge is 2.11. The molecule has 0 fully saturated rings. The van der Waals surface area contributed by atoms with E-state index in [2.05, 4.69) is 21.2 Å². The second-order valence-corrected chi connectivity index (χ2v) is 5.07. The largest absolute Gasteiger partial charge is 0.387 e. The van der Waals surface area contributed by atoms with E-state index in [9.17, 15) is 5.11 Å². The fourth-order valence-corrected chi connectivity index (χ4v) is 2.03. The fourth-order valence-electron chi connectivity index (χ4n) is 1.23. The molecule has 0 bridgehead atoms. The molecule has 4 heteroatoms. The number of benzene rings is 1. The Bertz CT molecular complexity index is 330. The summed E-state index contributed by atoms with van der Waals surface area (Å²) in [5.74, 6) is 0. The molecule has 0 radical (unpaired) electrons. The Morgan fingerprint density at radius 1 is 1.47 bits per heavy atom. The van der Waals surface area contributed by atoms with Crippen molar-refractivity contribution >= 4 is 27.5 Å². The first-order chi connectivity index (χ1) is 7.00. The summed E-state index contributed by atoms with van der Waals surface area (Å²) in [6.45, 7) is 4.59. The third-order valence-electron chi connectivity index (χ3n) is 2.04. The van der Waals surface area contributed by atoms with Crippen LogP contribution in [0.25, 0.3) is 0 Å². The van der Waals surface area contributed by atoms with Gasteiger partial charge in [-0.25, -0.2) is 0 Å². The Hall–Kier alpha value is -0.0900. The molecule has 0 amide bonds. The summed E-state index contributed by atoms with van der Waals surface area (Å²) in [4.78, 5) is 0. The van der Waals surface area contributed by atoms with Crippen molar-refractivity contribution in [3.8, 4) is 0 Å². The van der Waals surface area contributed by atoms with Gasteiger partial charge in [-0.2, -0.15) is 0 Å². The van der Waals surface area contributed by atoms with Gasteiger partial charge in [0.25, 0.3) is 0 Å². The van der Waals surface area contributed by atoms with Crippen LogP contribution in [-0.4, -0.2) is 17.7 Å². The smallest absolute Gasteiger partial charge is 0.0928 e. The average Bonchev–Trinajstić information content (AvgIpc) is 2.14. The van der Waals surface area contributed by atoms with Crippen LogP contribution in [0, 0.1) is 0 Å². The van der Waals surface area contributed by atoms with E-state index in [-0.39, 0.29) is 0 Å². The Morgan fingerprint density at radius 3 is 2.67 bits per heavy atom. The number of aliphatic hydroxyl groups is 1. The Balaban J connectivity index is 2.69. The van der Waals surface area contributed by atoms with Gasteiger partial charge < -0.3 is 10.4 Å². The molecule has 1 rings (SSSR count). The molecule has 0 aliphatic heterocycles. The van der Waals surface area contributed by atoms with Gasteiger partial charge in [0, 0.05) is 27.6 Å². The van der Waals surface area contributed by atoms with E-state index in [1.54, 1.807) is 6.07 Å². The Morgan fingerprint density at radius 2 is 2.13 bits per heavy atom. The number of halogens is 2. The van der Waals surface area contributed by atoms with Gasteiger partial charge in [-0.15, -0.1) is 0 Å². The third-order valence-corrected chi connectivity index (χ3v) is 2.86. The lowest BCUT2D eigenvalue weighted by molar-refractivity contribution is 0.171. The maximum Gasteiger partial charge on any atom is 0.0928 e. The van der Waals surface area contributed by atoms with E-state index in [0.29, 0.717) is 17.6 Å². The summed E-state index contributed by atoms with van der Waals surface area (Å²) < 4.78 is 0.917. The topological polar surface area (TPSA) is 32.3 Å². The second kappa shape index (κ2) is 5.85. The van der Waals surface area contributed by atoms with Crippen LogP contribution < -0.4 is 5.32 Å². The van der Waals surface area contributed by atoms with Crippen molar-refractivity contribution in [2.24, 2.45) is 0 Å². The van der Waals surface area contributed by atoms with Crippen molar-refractivity contribution in [3.05, 3.63) is 33.3 Å². The van der Waals surface area contributed by atoms with Gasteiger partial charge in [0.05, 0.1) is 6.10 Å². The minimum atomic E-state index is -0.562. The highest BCUT2D eigenvalue weighted by atomic mass is 79.9. The van der Waals surface area contributed by atoms with Crippen LogP contribution in [0.2, 0.25) is 5.02 Å². The van der Waals surface area contributed by atoms with E-state index in [4.69, 9.17) is 11.6 Å². The van der Waals surface area contributed by atoms with Crippen molar-refractivity contribution in [1.29, 1.82) is 0 Å². The molecule has 2 nitrogen and oxygen atoms in total. The lowest BCUT2D eigenvalue weighted by Gasteiger charge is -2.15. The highest BCUT2D eigenvalue weighted by Crippen LogP contribution is 2.26. The first-order valence-corrected chi connectivity index (χ1v) is 6.04. The molecular weight excluding hydrogens is 277 g/mol. The van der Waals surface area contributed by atoms with Crippen LogP contribution >= 0.6 is 27.5 Å². The fraction of sp³-hybridized carbons (Fsp3) is 0.455. The SMILES string of the molecule is CC(C)NCC(O)c1ccc(Br)cc1Cl. The van der Waals surface area contributed by atoms with Crippen molar-refractivity contribution in [1.82, 2.24) is 5.32 Å². The maximum atomic E-state index is 9.88. The molecule has 1 unspecified atom stereocenters. The van der Waals surface area contributed by atoms with Gasteiger partial charge in [0.15, 0.2) is 0 Å². The zero-order chi connectivity index (χ0) is 11.4. The summed E-state index contributed by atoms with van der Waals surface area (Å²) >= 11 is 9.35. The van der Waals surface area contributed by atoms with Crippen LogP contribution in [0.5, 0.6) is 0 Å². The summed E-state index contributed by atoms with van der Waals surface area (Å²) in [6.07, 6.45) is -0.562. The number of rotatable bonds is 4. The van der Waals surface area contributed by atoms with E-state index < -0.39 is 6.10 Å². The molecule has 1 aromatic carbocycles. The Labute approximate surface area is 104 Å². The Kier molecular flexibility index (Phi) is 5.06. The molecule has 0 aliphatic rings. The molecule has 0 spiro atoms. The third kappa shape index (κ3) is 4.11. The molecule has 0 saturated carbocycles. The molecule has 15 heavy (non-hydrogen) atoms. The van der Waals surface area contributed by atoms with Gasteiger partial charge in [-0.05, 0) is 12.1 Å². The molecular formula is C11H15BrClNO. The summed E-state index contributed by atoms with van der Waals surface area (Å²) in [7, 11) is 0. The number of hydrogen-bond donors (Lipinski definition) is 2.